The fraction of sp³-hybridized carbons (Fsp3) is 1.00. The molecule has 0 bridgehead atoms. The summed E-state index contributed by atoms with van der Waals surface area (Å²) < 4.78 is 5.08. The van der Waals surface area contributed by atoms with Crippen LogP contribution in [0.15, 0.2) is 0 Å². The molecule has 0 amide bonds. The highest BCUT2D eigenvalue weighted by Crippen LogP contribution is 2.34. The number of aliphatic hydroxyl groups excluding tert-OH is 1. The van der Waals surface area contributed by atoms with Crippen LogP contribution in [0, 0.1) is 5.41 Å². The largest absolute Gasteiger partial charge is 0.396 e. The van der Waals surface area contributed by atoms with Crippen LogP contribution in [0.4, 0.5) is 0 Å². The lowest BCUT2D eigenvalue weighted by Crippen LogP contribution is -2.44. The molecule has 0 aromatic carbocycles. The van der Waals surface area contributed by atoms with E-state index in [0.717, 1.165) is 26.1 Å². The topological polar surface area (TPSA) is 64.7 Å². The molecule has 1 fully saturated rings. The molecule has 11 heavy (non-hydrogen) atoms. The zero-order valence-corrected chi connectivity index (χ0v) is 6.58. The molecule has 1 rings (SSSR count). The molecule has 0 unspecified atom stereocenters. The molecule has 0 radical (unpaired) electrons. The fourth-order valence-electron chi connectivity index (χ4n) is 1.32. The van der Waals surface area contributed by atoms with Crippen LogP contribution in [0.25, 0.3) is 0 Å². The maximum atomic E-state index is 8.74. The van der Waals surface area contributed by atoms with E-state index in [4.69, 9.17) is 15.7 Å². The maximum Gasteiger partial charge on any atom is 0.0686 e. The highest BCUT2D eigenvalue weighted by molar-refractivity contribution is 4.84. The maximum absolute atomic E-state index is 8.74. The lowest BCUT2D eigenvalue weighted by atomic mass is 9.80. The van der Waals surface area contributed by atoms with E-state index < -0.39 is 0 Å². The summed E-state index contributed by atoms with van der Waals surface area (Å²) in [5.74, 6) is 4.91. The van der Waals surface area contributed by atoms with Crippen molar-refractivity contribution in [3.8, 4) is 0 Å². The van der Waals surface area contributed by atoms with Crippen molar-refractivity contribution >= 4 is 0 Å². The normalized spacial score (nSPS) is 21.3. The average Bonchev–Trinajstić information content (AvgIpc) is 1.95. The van der Waals surface area contributed by atoms with Gasteiger partial charge >= 0.3 is 0 Å². The number of rotatable bonds is 5. The molecule has 3 N–H and O–H groups in total. The molecular weight excluding hydrogens is 146 g/mol. The van der Waals surface area contributed by atoms with Crippen molar-refractivity contribution in [2.45, 2.75) is 12.8 Å². The van der Waals surface area contributed by atoms with Gasteiger partial charge in [-0.1, -0.05) is 0 Å². The van der Waals surface area contributed by atoms with Crippen molar-refractivity contribution in [2.75, 3.05) is 26.4 Å². The predicted molar refractivity (Wildman–Crippen MR) is 39.7 cm³/mol. The van der Waals surface area contributed by atoms with E-state index in [-0.39, 0.29) is 12.0 Å². The summed E-state index contributed by atoms with van der Waals surface area (Å²) in [5.41, 5.74) is 0.147. The second-order valence-electron chi connectivity index (χ2n) is 3.09. The van der Waals surface area contributed by atoms with Crippen molar-refractivity contribution in [1.82, 2.24) is 0 Å². The lowest BCUT2D eigenvalue weighted by molar-refractivity contribution is -0.135. The molecule has 66 valence electrons. The van der Waals surface area contributed by atoms with Crippen LogP contribution in [-0.4, -0.2) is 31.5 Å². The Hall–Kier alpha value is -0.160. The third kappa shape index (κ3) is 2.13. The van der Waals surface area contributed by atoms with Crippen molar-refractivity contribution in [3.05, 3.63) is 0 Å². The zero-order chi connectivity index (χ0) is 8.16. The molecule has 4 nitrogen and oxygen atoms in total. The number of hydrogen-bond acceptors (Lipinski definition) is 4. The first kappa shape index (κ1) is 8.93. The van der Waals surface area contributed by atoms with Crippen molar-refractivity contribution in [3.63, 3.8) is 0 Å². The van der Waals surface area contributed by atoms with Crippen molar-refractivity contribution < 1.29 is 14.7 Å². The van der Waals surface area contributed by atoms with Crippen LogP contribution in [0.2, 0.25) is 0 Å². The Labute approximate surface area is 66.2 Å². The monoisotopic (exact) mass is 161 g/mol. The molecule has 0 aromatic heterocycles. The highest BCUT2D eigenvalue weighted by Gasteiger charge is 2.37. The van der Waals surface area contributed by atoms with E-state index in [1.165, 1.54) is 0 Å². The second-order valence-corrected chi connectivity index (χ2v) is 3.09. The van der Waals surface area contributed by atoms with E-state index in [2.05, 4.69) is 4.84 Å². The summed E-state index contributed by atoms with van der Waals surface area (Å²) in [6.45, 7) is 2.23. The molecule has 0 saturated carbocycles. The van der Waals surface area contributed by atoms with Crippen molar-refractivity contribution in [1.29, 1.82) is 0 Å². The molecule has 1 saturated heterocycles. The lowest BCUT2D eigenvalue weighted by Gasteiger charge is -2.41. The highest BCUT2D eigenvalue weighted by atomic mass is 16.6. The van der Waals surface area contributed by atoms with Crippen LogP contribution in [-0.2, 0) is 9.57 Å². The van der Waals surface area contributed by atoms with E-state index in [0.29, 0.717) is 6.61 Å². The summed E-state index contributed by atoms with van der Waals surface area (Å²) in [7, 11) is 0. The number of aliphatic hydroxyl groups is 1. The summed E-state index contributed by atoms with van der Waals surface area (Å²) in [6.07, 6.45) is 1.67. The Morgan fingerprint density at radius 2 is 2.18 bits per heavy atom. The van der Waals surface area contributed by atoms with Gasteiger partial charge in [0.15, 0.2) is 0 Å². The minimum atomic E-state index is 0.147. The zero-order valence-electron chi connectivity index (χ0n) is 6.58. The Morgan fingerprint density at radius 1 is 1.45 bits per heavy atom. The van der Waals surface area contributed by atoms with E-state index >= 15 is 0 Å². The van der Waals surface area contributed by atoms with Crippen LogP contribution in [0.1, 0.15) is 12.8 Å². The molecule has 0 aromatic rings. The van der Waals surface area contributed by atoms with Crippen LogP contribution in [0.5, 0.6) is 0 Å². The van der Waals surface area contributed by atoms with E-state index in [9.17, 15) is 0 Å². The second kappa shape index (κ2) is 4.01. The van der Waals surface area contributed by atoms with Crippen LogP contribution >= 0.6 is 0 Å². The third-order valence-corrected chi connectivity index (χ3v) is 2.21. The van der Waals surface area contributed by atoms with Gasteiger partial charge in [-0.25, -0.2) is 5.90 Å². The number of ether oxygens (including phenoxy) is 1. The van der Waals surface area contributed by atoms with E-state index in [1.807, 2.05) is 0 Å². The van der Waals surface area contributed by atoms with Crippen LogP contribution in [0.3, 0.4) is 0 Å². The van der Waals surface area contributed by atoms with E-state index in [1.54, 1.807) is 0 Å². The fourth-order valence-corrected chi connectivity index (χ4v) is 1.32. The minimum Gasteiger partial charge on any atom is -0.396 e. The Morgan fingerprint density at radius 3 is 2.55 bits per heavy atom. The van der Waals surface area contributed by atoms with Gasteiger partial charge < -0.3 is 14.7 Å². The quantitative estimate of drug-likeness (QED) is 0.542. The predicted octanol–water partition coefficient (Wildman–Crippen LogP) is -0.334. The minimum absolute atomic E-state index is 0.147. The first-order chi connectivity index (χ1) is 5.33. The molecule has 0 atom stereocenters. The van der Waals surface area contributed by atoms with Gasteiger partial charge in [0.25, 0.3) is 0 Å². The van der Waals surface area contributed by atoms with Gasteiger partial charge in [-0.05, 0) is 12.8 Å². The molecule has 4 heteroatoms. The molecule has 0 aliphatic carbocycles. The Kier molecular flexibility index (Phi) is 3.26. The first-order valence-electron chi connectivity index (χ1n) is 3.83. The SMILES string of the molecule is NOCCC1(CCO)COC1. The first-order valence-corrected chi connectivity index (χ1v) is 3.83. The summed E-state index contributed by atoms with van der Waals surface area (Å²) in [6, 6.07) is 0. The molecule has 1 aliphatic heterocycles. The average molecular weight is 161 g/mol. The standard InChI is InChI=1S/C7H15NO3/c8-11-4-2-7(1-3-9)5-10-6-7/h9H,1-6,8H2. The van der Waals surface area contributed by atoms with Gasteiger partial charge in [0.2, 0.25) is 0 Å². The Bertz CT molecular complexity index is 114. The molecule has 1 heterocycles. The van der Waals surface area contributed by atoms with Gasteiger partial charge in [-0.3, -0.25) is 0 Å². The molecule has 1 aliphatic rings. The summed E-state index contributed by atoms with van der Waals surface area (Å²) in [5, 5.41) is 8.74. The summed E-state index contributed by atoms with van der Waals surface area (Å²) in [4.78, 5) is 4.48. The smallest absolute Gasteiger partial charge is 0.0686 e. The van der Waals surface area contributed by atoms with Gasteiger partial charge in [0.1, 0.15) is 0 Å². The number of hydrogen-bond donors (Lipinski definition) is 2. The van der Waals surface area contributed by atoms with Crippen LogP contribution < -0.4 is 5.90 Å². The number of nitrogens with two attached hydrogens (primary N) is 1. The van der Waals surface area contributed by atoms with Gasteiger partial charge in [0.05, 0.1) is 19.8 Å². The Balaban J connectivity index is 2.22. The van der Waals surface area contributed by atoms with Gasteiger partial charge in [-0.15, -0.1) is 0 Å². The van der Waals surface area contributed by atoms with Gasteiger partial charge in [-0.2, -0.15) is 0 Å². The third-order valence-electron chi connectivity index (χ3n) is 2.21. The van der Waals surface area contributed by atoms with Gasteiger partial charge in [0, 0.05) is 12.0 Å². The molecule has 0 spiro atoms. The summed E-state index contributed by atoms with van der Waals surface area (Å²) >= 11 is 0. The molecular formula is C7H15NO3. The van der Waals surface area contributed by atoms with Crippen molar-refractivity contribution in [2.24, 2.45) is 11.3 Å².